The monoisotopic (exact) mass is 293 g/mol. The molecule has 106 valence electrons. The number of rotatable bonds is 6. The zero-order valence-electron chi connectivity index (χ0n) is 11.3. The van der Waals surface area contributed by atoms with Crippen molar-refractivity contribution in [3.8, 4) is 0 Å². The Labute approximate surface area is 122 Å². The Balaban J connectivity index is 2.06. The molecule has 20 heavy (non-hydrogen) atoms. The molecule has 0 saturated heterocycles. The van der Waals surface area contributed by atoms with Crippen molar-refractivity contribution in [3.63, 3.8) is 0 Å². The molecule has 0 aliphatic carbocycles. The van der Waals surface area contributed by atoms with E-state index in [1.165, 1.54) is 18.2 Å². The molecule has 0 aromatic heterocycles. The van der Waals surface area contributed by atoms with Crippen LogP contribution in [0.15, 0.2) is 53.4 Å². The van der Waals surface area contributed by atoms with E-state index in [-0.39, 0.29) is 17.7 Å². The van der Waals surface area contributed by atoms with Crippen molar-refractivity contribution < 1.29 is 8.78 Å². The van der Waals surface area contributed by atoms with Crippen LogP contribution in [0.1, 0.15) is 18.5 Å². The first-order valence-corrected chi connectivity index (χ1v) is 7.55. The number of hydrogen-bond donors (Lipinski definition) is 1. The van der Waals surface area contributed by atoms with Gasteiger partial charge in [0.05, 0.1) is 0 Å². The van der Waals surface area contributed by atoms with Crippen molar-refractivity contribution in [2.45, 2.75) is 17.9 Å². The third kappa shape index (κ3) is 4.05. The highest BCUT2D eigenvalue weighted by molar-refractivity contribution is 7.99. The predicted octanol–water partition coefficient (Wildman–Crippen LogP) is 4.41. The summed E-state index contributed by atoms with van der Waals surface area (Å²) in [5.41, 5.74) is 0.670. The lowest BCUT2D eigenvalue weighted by Gasteiger charge is -2.18. The second-order valence-corrected chi connectivity index (χ2v) is 5.49. The average Bonchev–Trinajstić information content (AvgIpc) is 2.46. The molecule has 0 amide bonds. The van der Waals surface area contributed by atoms with Crippen molar-refractivity contribution in [2.75, 3.05) is 12.3 Å². The van der Waals surface area contributed by atoms with E-state index in [1.54, 1.807) is 36.0 Å². The van der Waals surface area contributed by atoms with Crippen LogP contribution >= 0.6 is 11.8 Å². The lowest BCUT2D eigenvalue weighted by molar-refractivity contribution is 0.545. The van der Waals surface area contributed by atoms with Crippen molar-refractivity contribution in [2.24, 2.45) is 0 Å². The van der Waals surface area contributed by atoms with Gasteiger partial charge in [0.2, 0.25) is 0 Å². The first kappa shape index (κ1) is 15.0. The van der Waals surface area contributed by atoms with Crippen LogP contribution in [0, 0.1) is 11.6 Å². The molecule has 1 nitrogen and oxygen atoms in total. The normalized spacial score (nSPS) is 12.3. The summed E-state index contributed by atoms with van der Waals surface area (Å²) >= 11 is 1.58. The molecular formula is C16H17F2NS. The Morgan fingerprint density at radius 2 is 1.75 bits per heavy atom. The van der Waals surface area contributed by atoms with Gasteiger partial charge in [0.25, 0.3) is 0 Å². The summed E-state index contributed by atoms with van der Waals surface area (Å²) in [5.74, 6) is 0.255. The molecule has 4 heteroatoms. The number of nitrogens with one attached hydrogen (secondary N) is 1. The average molecular weight is 293 g/mol. The highest BCUT2D eigenvalue weighted by Gasteiger charge is 2.14. The lowest BCUT2D eigenvalue weighted by atomic mass is 10.1. The lowest BCUT2D eigenvalue weighted by Crippen LogP contribution is -2.23. The molecule has 0 aliphatic heterocycles. The smallest absolute Gasteiger partial charge is 0.128 e. The molecule has 2 aromatic carbocycles. The van der Waals surface area contributed by atoms with E-state index >= 15 is 0 Å². The molecule has 1 unspecified atom stereocenters. The van der Waals surface area contributed by atoms with Crippen molar-refractivity contribution in [3.05, 3.63) is 65.7 Å². The van der Waals surface area contributed by atoms with Gasteiger partial charge >= 0.3 is 0 Å². The van der Waals surface area contributed by atoms with Crippen molar-refractivity contribution >= 4 is 11.8 Å². The number of halogens is 2. The van der Waals surface area contributed by atoms with Crippen LogP contribution in [0.25, 0.3) is 0 Å². The van der Waals surface area contributed by atoms with Crippen molar-refractivity contribution in [1.29, 1.82) is 0 Å². The third-order valence-corrected chi connectivity index (χ3v) is 4.07. The van der Waals surface area contributed by atoms with Gasteiger partial charge in [0, 0.05) is 22.3 Å². The van der Waals surface area contributed by atoms with Crippen LogP contribution in [0.5, 0.6) is 0 Å². The second kappa shape index (κ2) is 7.41. The molecule has 2 aromatic rings. The van der Waals surface area contributed by atoms with Gasteiger partial charge < -0.3 is 5.32 Å². The minimum atomic E-state index is -0.244. The van der Waals surface area contributed by atoms with Crippen LogP contribution in [-0.4, -0.2) is 12.3 Å². The number of thioether (sulfide) groups is 1. The predicted molar refractivity (Wildman–Crippen MR) is 79.9 cm³/mol. The summed E-state index contributed by atoms with van der Waals surface area (Å²) in [6.45, 7) is 2.76. The van der Waals surface area contributed by atoms with E-state index < -0.39 is 0 Å². The Morgan fingerprint density at radius 3 is 2.40 bits per heavy atom. The first-order valence-electron chi connectivity index (χ1n) is 6.57. The molecule has 1 N–H and O–H groups in total. The van der Waals surface area contributed by atoms with E-state index in [0.29, 0.717) is 11.3 Å². The Hall–Kier alpha value is -1.39. The van der Waals surface area contributed by atoms with Gasteiger partial charge in [-0.1, -0.05) is 25.1 Å². The zero-order chi connectivity index (χ0) is 14.4. The van der Waals surface area contributed by atoms with Gasteiger partial charge in [0.1, 0.15) is 11.6 Å². The van der Waals surface area contributed by atoms with Crippen LogP contribution in [-0.2, 0) is 0 Å². The van der Waals surface area contributed by atoms with Crippen LogP contribution in [0.3, 0.4) is 0 Å². The van der Waals surface area contributed by atoms with Gasteiger partial charge in [-0.15, -0.1) is 11.8 Å². The summed E-state index contributed by atoms with van der Waals surface area (Å²) < 4.78 is 26.7. The maximum atomic E-state index is 13.8. The maximum absolute atomic E-state index is 13.8. The molecule has 0 heterocycles. The highest BCUT2D eigenvalue weighted by Crippen LogP contribution is 2.26. The van der Waals surface area contributed by atoms with Gasteiger partial charge in [-0.2, -0.15) is 0 Å². The summed E-state index contributed by atoms with van der Waals surface area (Å²) in [7, 11) is 0. The number of hydrogen-bond acceptors (Lipinski definition) is 2. The van der Waals surface area contributed by atoms with Crippen LogP contribution in [0.2, 0.25) is 0 Å². The fourth-order valence-electron chi connectivity index (χ4n) is 1.97. The molecule has 0 spiro atoms. The Bertz CT molecular complexity index is 542. The SMILES string of the molecule is CCNC(CSc1ccc(F)cc1)c1ccccc1F. The molecule has 0 aliphatic rings. The molecule has 0 bridgehead atoms. The van der Waals surface area contributed by atoms with Gasteiger partial charge in [0.15, 0.2) is 0 Å². The molecule has 0 saturated carbocycles. The zero-order valence-corrected chi connectivity index (χ0v) is 12.1. The van der Waals surface area contributed by atoms with E-state index in [2.05, 4.69) is 5.32 Å². The fraction of sp³-hybridized carbons (Fsp3) is 0.250. The summed E-state index contributed by atoms with van der Waals surface area (Å²) in [4.78, 5) is 0.977. The minimum absolute atomic E-state index is 0.0590. The van der Waals surface area contributed by atoms with E-state index in [1.807, 2.05) is 13.0 Å². The highest BCUT2D eigenvalue weighted by atomic mass is 32.2. The molecule has 0 fully saturated rings. The minimum Gasteiger partial charge on any atom is -0.309 e. The second-order valence-electron chi connectivity index (χ2n) is 4.40. The van der Waals surface area contributed by atoms with E-state index in [0.717, 1.165) is 11.4 Å². The Morgan fingerprint density at radius 1 is 1.05 bits per heavy atom. The molecular weight excluding hydrogens is 276 g/mol. The first-order chi connectivity index (χ1) is 9.70. The van der Waals surface area contributed by atoms with Gasteiger partial charge in [-0.25, -0.2) is 8.78 Å². The number of benzene rings is 2. The van der Waals surface area contributed by atoms with Crippen LogP contribution < -0.4 is 5.32 Å². The summed E-state index contributed by atoms with van der Waals surface area (Å²) in [5, 5.41) is 3.29. The van der Waals surface area contributed by atoms with E-state index in [4.69, 9.17) is 0 Å². The van der Waals surface area contributed by atoms with Gasteiger partial charge in [-0.05, 0) is 36.9 Å². The topological polar surface area (TPSA) is 12.0 Å². The molecule has 1 atom stereocenters. The maximum Gasteiger partial charge on any atom is 0.128 e. The van der Waals surface area contributed by atoms with Gasteiger partial charge in [-0.3, -0.25) is 0 Å². The molecule has 0 radical (unpaired) electrons. The third-order valence-electron chi connectivity index (χ3n) is 2.96. The quantitative estimate of drug-likeness (QED) is 0.792. The standard InChI is InChI=1S/C16H17F2NS/c1-2-19-16(14-5-3-4-6-15(14)18)11-20-13-9-7-12(17)8-10-13/h3-10,16,19H,2,11H2,1H3. The summed E-state index contributed by atoms with van der Waals surface area (Å²) in [6.07, 6.45) is 0. The Kier molecular flexibility index (Phi) is 5.56. The largest absolute Gasteiger partial charge is 0.309 e. The van der Waals surface area contributed by atoms with Crippen molar-refractivity contribution in [1.82, 2.24) is 5.32 Å². The fourth-order valence-corrected chi connectivity index (χ4v) is 2.96. The van der Waals surface area contributed by atoms with Crippen LogP contribution in [0.4, 0.5) is 8.78 Å². The molecule has 2 rings (SSSR count). The summed E-state index contributed by atoms with van der Waals surface area (Å²) in [6, 6.07) is 13.1. The van der Waals surface area contributed by atoms with E-state index in [9.17, 15) is 8.78 Å².